The quantitative estimate of drug-likeness (QED) is 0.929. The molecule has 0 saturated carbocycles. The summed E-state index contributed by atoms with van der Waals surface area (Å²) in [7, 11) is 0. The molecule has 3 rings (SSSR count). The summed E-state index contributed by atoms with van der Waals surface area (Å²) < 4.78 is 6.08. The molecule has 1 unspecified atom stereocenters. The van der Waals surface area contributed by atoms with Crippen molar-refractivity contribution in [3.63, 3.8) is 0 Å². The summed E-state index contributed by atoms with van der Waals surface area (Å²) >= 11 is 1.91. The van der Waals surface area contributed by atoms with Gasteiger partial charge in [0.2, 0.25) is 0 Å². The van der Waals surface area contributed by atoms with Gasteiger partial charge in [-0.25, -0.2) is 0 Å². The van der Waals surface area contributed by atoms with E-state index in [1.807, 2.05) is 37.7 Å². The van der Waals surface area contributed by atoms with Crippen molar-refractivity contribution in [1.82, 2.24) is 0 Å². The number of aryl methyl sites for hydroxylation is 2. The fraction of sp³-hybridized carbons (Fsp3) is 0.333. The van der Waals surface area contributed by atoms with Gasteiger partial charge in [-0.3, -0.25) is 0 Å². The first-order valence-electron chi connectivity index (χ1n) is 7.25. The third-order valence-corrected chi connectivity index (χ3v) is 5.12. The number of hydrogen-bond acceptors (Lipinski definition) is 3. The second-order valence-corrected chi connectivity index (χ2v) is 6.92. The lowest BCUT2D eigenvalue weighted by Gasteiger charge is -2.16. The van der Waals surface area contributed by atoms with E-state index in [4.69, 9.17) is 4.74 Å². The van der Waals surface area contributed by atoms with Crippen LogP contribution in [0.4, 0.5) is 0 Å². The topological polar surface area (TPSA) is 29.5 Å². The van der Waals surface area contributed by atoms with Crippen molar-refractivity contribution < 1.29 is 9.84 Å². The molecule has 0 aromatic heterocycles. The molecule has 2 aromatic carbocycles. The Labute approximate surface area is 130 Å². The van der Waals surface area contributed by atoms with Crippen molar-refractivity contribution in [3.8, 4) is 5.75 Å². The van der Waals surface area contributed by atoms with E-state index in [1.165, 1.54) is 10.5 Å². The summed E-state index contributed by atoms with van der Waals surface area (Å²) in [6.45, 7) is 4.88. The predicted octanol–water partition coefficient (Wildman–Crippen LogP) is 3.89. The molecule has 110 valence electrons. The van der Waals surface area contributed by atoms with E-state index >= 15 is 0 Å². The van der Waals surface area contributed by atoms with Crippen molar-refractivity contribution in [2.45, 2.75) is 37.0 Å². The molecule has 1 heterocycles. The van der Waals surface area contributed by atoms with Crippen molar-refractivity contribution in [3.05, 3.63) is 58.7 Å². The fourth-order valence-corrected chi connectivity index (χ4v) is 4.10. The average Bonchev–Trinajstić information content (AvgIpc) is 2.88. The Morgan fingerprint density at radius 1 is 1.19 bits per heavy atom. The van der Waals surface area contributed by atoms with E-state index in [9.17, 15) is 5.11 Å². The van der Waals surface area contributed by atoms with Crippen LogP contribution < -0.4 is 4.74 Å². The smallest absolute Gasteiger partial charge is 0.125 e. The van der Waals surface area contributed by atoms with E-state index in [1.54, 1.807) is 0 Å². The molecule has 0 aliphatic carbocycles. The molecule has 0 fully saturated rings. The molecule has 0 spiro atoms. The first-order valence-corrected chi connectivity index (χ1v) is 8.13. The largest absolute Gasteiger partial charge is 0.492 e. The normalized spacial score (nSPS) is 16.8. The molecule has 2 aromatic rings. The predicted molar refractivity (Wildman–Crippen MR) is 87.1 cm³/mol. The van der Waals surface area contributed by atoms with Gasteiger partial charge in [-0.05, 0) is 48.6 Å². The lowest BCUT2D eigenvalue weighted by molar-refractivity contribution is 0.280. The average molecular weight is 300 g/mol. The number of aliphatic hydroxyl groups is 1. The van der Waals surface area contributed by atoms with E-state index < -0.39 is 0 Å². The summed E-state index contributed by atoms with van der Waals surface area (Å²) in [4.78, 5) is 1.38. The van der Waals surface area contributed by atoms with Gasteiger partial charge in [-0.15, -0.1) is 11.8 Å². The Kier molecular flexibility index (Phi) is 4.22. The Bertz CT molecular complexity index is 603. The van der Waals surface area contributed by atoms with Gasteiger partial charge in [-0.2, -0.15) is 0 Å². The highest BCUT2D eigenvalue weighted by molar-refractivity contribution is 8.00. The number of ether oxygens (including phenoxy) is 1. The third kappa shape index (κ3) is 3.09. The van der Waals surface area contributed by atoms with Crippen LogP contribution in [-0.4, -0.2) is 17.0 Å². The number of aliphatic hydroxyl groups excluding tert-OH is 1. The molecule has 3 heteroatoms. The number of rotatable bonds is 4. The molecule has 1 aliphatic heterocycles. The second-order valence-electron chi connectivity index (χ2n) is 5.58. The third-order valence-electron chi connectivity index (χ3n) is 3.83. The van der Waals surface area contributed by atoms with Crippen LogP contribution in [0.3, 0.4) is 0 Å². The van der Waals surface area contributed by atoms with Crippen LogP contribution in [0.25, 0.3) is 0 Å². The zero-order valence-corrected chi connectivity index (χ0v) is 13.2. The zero-order chi connectivity index (χ0) is 14.8. The molecule has 0 saturated heterocycles. The van der Waals surface area contributed by atoms with Crippen LogP contribution in [0.1, 0.15) is 22.3 Å². The summed E-state index contributed by atoms with van der Waals surface area (Å²) in [5.41, 5.74) is 4.57. The van der Waals surface area contributed by atoms with Crippen molar-refractivity contribution >= 4 is 11.8 Å². The Morgan fingerprint density at radius 2 is 1.90 bits per heavy atom. The maximum absolute atomic E-state index is 9.24. The van der Waals surface area contributed by atoms with Gasteiger partial charge >= 0.3 is 0 Å². The van der Waals surface area contributed by atoms with Crippen molar-refractivity contribution in [2.24, 2.45) is 0 Å². The van der Waals surface area contributed by atoms with Gasteiger partial charge in [0.25, 0.3) is 0 Å². The van der Waals surface area contributed by atoms with Gasteiger partial charge in [0.05, 0.1) is 6.61 Å². The molecule has 0 amide bonds. The minimum absolute atomic E-state index is 0.0791. The standard InChI is InChI=1S/C18H20O2S/c1-12-7-14(10-19)8-13(2)18(12)20-11-16-9-15-5-3-4-6-17(15)21-16/h3-8,16,19H,9-11H2,1-2H3. The minimum Gasteiger partial charge on any atom is -0.492 e. The number of hydrogen-bond donors (Lipinski definition) is 1. The van der Waals surface area contributed by atoms with Crippen LogP contribution in [-0.2, 0) is 13.0 Å². The zero-order valence-electron chi connectivity index (χ0n) is 12.4. The molecule has 0 bridgehead atoms. The van der Waals surface area contributed by atoms with Crippen LogP contribution in [0.5, 0.6) is 5.75 Å². The Balaban J connectivity index is 1.67. The summed E-state index contributed by atoms with van der Waals surface area (Å²) in [5.74, 6) is 0.962. The molecular formula is C18H20O2S. The summed E-state index contributed by atoms with van der Waals surface area (Å²) in [5, 5.41) is 9.72. The highest BCUT2D eigenvalue weighted by Gasteiger charge is 2.22. The summed E-state index contributed by atoms with van der Waals surface area (Å²) in [6.07, 6.45) is 1.08. The maximum atomic E-state index is 9.24. The van der Waals surface area contributed by atoms with E-state index in [0.717, 1.165) is 35.5 Å². The lowest BCUT2D eigenvalue weighted by Crippen LogP contribution is -2.14. The second kappa shape index (κ2) is 6.12. The van der Waals surface area contributed by atoms with Crippen LogP contribution in [0.2, 0.25) is 0 Å². The van der Waals surface area contributed by atoms with Crippen LogP contribution >= 0.6 is 11.8 Å². The highest BCUT2D eigenvalue weighted by atomic mass is 32.2. The minimum atomic E-state index is 0.0791. The summed E-state index contributed by atoms with van der Waals surface area (Å²) in [6, 6.07) is 12.6. The molecule has 2 nitrogen and oxygen atoms in total. The van der Waals surface area contributed by atoms with Gasteiger partial charge in [0, 0.05) is 10.1 Å². The van der Waals surface area contributed by atoms with Gasteiger partial charge in [0.15, 0.2) is 0 Å². The van der Waals surface area contributed by atoms with E-state index in [2.05, 4.69) is 24.3 Å². The fourth-order valence-electron chi connectivity index (χ4n) is 2.88. The van der Waals surface area contributed by atoms with E-state index in [-0.39, 0.29) is 6.61 Å². The van der Waals surface area contributed by atoms with Crippen LogP contribution in [0.15, 0.2) is 41.3 Å². The molecule has 1 N–H and O–H groups in total. The molecule has 1 atom stereocenters. The SMILES string of the molecule is Cc1cc(CO)cc(C)c1OCC1Cc2ccccc2S1. The lowest BCUT2D eigenvalue weighted by atomic mass is 10.1. The number of fused-ring (bicyclic) bond motifs is 1. The first kappa shape index (κ1) is 14.5. The molecule has 1 aliphatic rings. The Morgan fingerprint density at radius 3 is 2.57 bits per heavy atom. The van der Waals surface area contributed by atoms with Gasteiger partial charge in [0.1, 0.15) is 12.4 Å². The highest BCUT2D eigenvalue weighted by Crippen LogP contribution is 2.37. The molecular weight excluding hydrogens is 280 g/mol. The van der Waals surface area contributed by atoms with Gasteiger partial charge < -0.3 is 9.84 Å². The monoisotopic (exact) mass is 300 g/mol. The number of thioether (sulfide) groups is 1. The molecule has 0 radical (unpaired) electrons. The Hall–Kier alpha value is -1.45. The molecule has 21 heavy (non-hydrogen) atoms. The van der Waals surface area contributed by atoms with Crippen LogP contribution in [0, 0.1) is 13.8 Å². The maximum Gasteiger partial charge on any atom is 0.125 e. The van der Waals surface area contributed by atoms with Gasteiger partial charge in [-0.1, -0.05) is 30.3 Å². The van der Waals surface area contributed by atoms with Crippen molar-refractivity contribution in [2.75, 3.05) is 6.61 Å². The van der Waals surface area contributed by atoms with E-state index in [0.29, 0.717) is 5.25 Å². The number of benzene rings is 2. The first-order chi connectivity index (χ1) is 10.2. The van der Waals surface area contributed by atoms with Crippen molar-refractivity contribution in [1.29, 1.82) is 0 Å².